The van der Waals surface area contributed by atoms with E-state index in [2.05, 4.69) is 5.32 Å². The van der Waals surface area contributed by atoms with Crippen LogP contribution in [0.25, 0.3) is 0 Å². The molecular formula is C17H16ClNO3S. The molecule has 0 aromatic heterocycles. The Hall–Kier alpha value is -1.98. The number of hydrogen-bond acceptors (Lipinski definition) is 3. The van der Waals surface area contributed by atoms with E-state index in [-0.39, 0.29) is 22.4 Å². The Morgan fingerprint density at radius 1 is 1.22 bits per heavy atom. The van der Waals surface area contributed by atoms with Gasteiger partial charge < -0.3 is 10.4 Å². The van der Waals surface area contributed by atoms with Crippen LogP contribution in [-0.2, 0) is 10.5 Å². The first kappa shape index (κ1) is 17.4. The first-order valence-corrected chi connectivity index (χ1v) is 8.39. The van der Waals surface area contributed by atoms with Gasteiger partial charge in [-0.2, -0.15) is 0 Å². The average molecular weight is 350 g/mol. The molecule has 23 heavy (non-hydrogen) atoms. The van der Waals surface area contributed by atoms with E-state index in [0.29, 0.717) is 10.8 Å². The largest absolute Gasteiger partial charge is 0.478 e. The minimum atomic E-state index is -1.11. The number of carbonyl (C=O) groups excluding carboxylic acids is 1. The smallest absolute Gasteiger partial charge is 0.337 e. The first-order chi connectivity index (χ1) is 11.0. The van der Waals surface area contributed by atoms with Crippen LogP contribution in [0.5, 0.6) is 0 Å². The molecule has 0 aliphatic heterocycles. The average Bonchev–Trinajstić information content (AvgIpc) is 2.53. The van der Waals surface area contributed by atoms with E-state index in [0.717, 1.165) is 5.56 Å². The molecule has 4 nitrogen and oxygen atoms in total. The Morgan fingerprint density at radius 2 is 1.91 bits per heavy atom. The lowest BCUT2D eigenvalue weighted by atomic mass is 10.1. The van der Waals surface area contributed by atoms with Gasteiger partial charge in [0.2, 0.25) is 5.91 Å². The lowest BCUT2D eigenvalue weighted by Crippen LogP contribution is -2.23. The quantitative estimate of drug-likeness (QED) is 0.816. The van der Waals surface area contributed by atoms with E-state index in [1.165, 1.54) is 30.0 Å². The van der Waals surface area contributed by atoms with Gasteiger partial charge in [-0.1, -0.05) is 41.9 Å². The van der Waals surface area contributed by atoms with Crippen LogP contribution in [0.15, 0.2) is 48.5 Å². The molecule has 1 amide bonds. The van der Waals surface area contributed by atoms with Crippen molar-refractivity contribution in [1.82, 2.24) is 0 Å². The van der Waals surface area contributed by atoms with Gasteiger partial charge in [0.25, 0.3) is 0 Å². The summed E-state index contributed by atoms with van der Waals surface area (Å²) in [6.45, 7) is 1.79. The summed E-state index contributed by atoms with van der Waals surface area (Å²) < 4.78 is 0. The maximum absolute atomic E-state index is 12.3. The molecule has 2 aromatic rings. The van der Waals surface area contributed by atoms with Crippen molar-refractivity contribution >= 4 is 40.9 Å². The molecule has 0 heterocycles. The number of hydrogen-bond donors (Lipinski definition) is 2. The number of carboxylic acid groups (broad SMARTS) is 1. The highest BCUT2D eigenvalue weighted by atomic mass is 35.5. The third kappa shape index (κ3) is 5.01. The molecule has 0 aliphatic rings. The molecule has 1 atom stereocenters. The summed E-state index contributed by atoms with van der Waals surface area (Å²) in [5.74, 6) is -0.659. The third-order valence-corrected chi connectivity index (χ3v) is 4.63. The Bertz CT molecular complexity index is 706. The van der Waals surface area contributed by atoms with E-state index in [4.69, 9.17) is 16.7 Å². The number of rotatable bonds is 6. The molecule has 0 spiro atoms. The van der Waals surface area contributed by atoms with Crippen molar-refractivity contribution < 1.29 is 14.7 Å². The zero-order valence-electron chi connectivity index (χ0n) is 12.5. The number of thioether (sulfide) groups is 1. The van der Waals surface area contributed by atoms with Crippen LogP contribution < -0.4 is 5.32 Å². The Balaban J connectivity index is 2.01. The molecule has 2 rings (SSSR count). The van der Waals surface area contributed by atoms with E-state index in [1.807, 2.05) is 30.3 Å². The second kappa shape index (κ2) is 8.04. The molecular weight excluding hydrogens is 334 g/mol. The highest BCUT2D eigenvalue weighted by Gasteiger charge is 2.17. The van der Waals surface area contributed by atoms with Crippen molar-refractivity contribution in [1.29, 1.82) is 0 Å². The number of amides is 1. The molecule has 0 saturated heterocycles. The number of benzene rings is 2. The summed E-state index contributed by atoms with van der Waals surface area (Å²) in [6, 6.07) is 14.1. The van der Waals surface area contributed by atoms with Gasteiger partial charge in [0.05, 0.1) is 16.5 Å². The fraction of sp³-hybridized carbons (Fsp3) is 0.176. The zero-order chi connectivity index (χ0) is 16.8. The topological polar surface area (TPSA) is 66.4 Å². The SMILES string of the molecule is C[C@H](SCc1ccccc1)C(=O)Nc1cc(Cl)ccc1C(=O)O. The van der Waals surface area contributed by atoms with E-state index in [9.17, 15) is 9.59 Å². The number of carboxylic acids is 1. The number of carbonyl (C=O) groups is 2. The van der Waals surface area contributed by atoms with E-state index in [1.54, 1.807) is 6.92 Å². The zero-order valence-corrected chi connectivity index (χ0v) is 14.0. The second-order valence-corrected chi connectivity index (χ2v) is 6.69. The van der Waals surface area contributed by atoms with Gasteiger partial charge in [0.15, 0.2) is 0 Å². The molecule has 6 heteroatoms. The third-order valence-electron chi connectivity index (χ3n) is 3.18. The Kier molecular flexibility index (Phi) is 6.07. The lowest BCUT2D eigenvalue weighted by molar-refractivity contribution is -0.115. The van der Waals surface area contributed by atoms with Crippen molar-refractivity contribution in [3.05, 3.63) is 64.7 Å². The number of nitrogens with one attached hydrogen (secondary N) is 1. The second-order valence-electron chi connectivity index (χ2n) is 4.92. The standard InChI is InChI=1S/C17H16ClNO3S/c1-11(23-10-12-5-3-2-4-6-12)16(20)19-15-9-13(18)7-8-14(15)17(21)22/h2-9,11H,10H2,1H3,(H,19,20)(H,21,22)/t11-/m0/s1. The van der Waals surface area contributed by atoms with Crippen LogP contribution in [0.4, 0.5) is 5.69 Å². The highest BCUT2D eigenvalue weighted by Crippen LogP contribution is 2.23. The van der Waals surface area contributed by atoms with E-state index >= 15 is 0 Å². The Morgan fingerprint density at radius 3 is 2.57 bits per heavy atom. The maximum atomic E-state index is 12.3. The van der Waals surface area contributed by atoms with Crippen molar-refractivity contribution in [2.45, 2.75) is 17.9 Å². The van der Waals surface area contributed by atoms with E-state index < -0.39 is 5.97 Å². The molecule has 0 fully saturated rings. The first-order valence-electron chi connectivity index (χ1n) is 6.96. The van der Waals surface area contributed by atoms with Crippen molar-refractivity contribution in [2.24, 2.45) is 0 Å². The van der Waals surface area contributed by atoms with Gasteiger partial charge in [-0.15, -0.1) is 11.8 Å². The fourth-order valence-corrected chi connectivity index (χ4v) is 2.93. The molecule has 120 valence electrons. The van der Waals surface area contributed by atoms with Gasteiger partial charge >= 0.3 is 5.97 Å². The van der Waals surface area contributed by atoms with Crippen LogP contribution in [0, 0.1) is 0 Å². The highest BCUT2D eigenvalue weighted by molar-refractivity contribution is 7.99. The van der Waals surface area contributed by atoms with Crippen LogP contribution >= 0.6 is 23.4 Å². The summed E-state index contributed by atoms with van der Waals surface area (Å²) in [6.07, 6.45) is 0. The fourth-order valence-electron chi connectivity index (χ4n) is 1.91. The maximum Gasteiger partial charge on any atom is 0.337 e. The van der Waals surface area contributed by atoms with Crippen molar-refractivity contribution in [3.8, 4) is 0 Å². The molecule has 0 aliphatic carbocycles. The van der Waals surface area contributed by atoms with Gasteiger partial charge in [-0.05, 0) is 30.7 Å². The summed E-state index contributed by atoms with van der Waals surface area (Å²) in [5.41, 5.74) is 1.36. The van der Waals surface area contributed by atoms with Gasteiger partial charge in [0.1, 0.15) is 0 Å². The lowest BCUT2D eigenvalue weighted by Gasteiger charge is -2.14. The summed E-state index contributed by atoms with van der Waals surface area (Å²) in [7, 11) is 0. The number of aromatic carboxylic acids is 1. The van der Waals surface area contributed by atoms with Crippen molar-refractivity contribution in [2.75, 3.05) is 5.32 Å². The normalized spacial score (nSPS) is 11.7. The van der Waals surface area contributed by atoms with Crippen LogP contribution in [0.1, 0.15) is 22.8 Å². The molecule has 0 unspecified atom stereocenters. The van der Waals surface area contributed by atoms with Crippen LogP contribution in [0.3, 0.4) is 0 Å². The molecule has 2 aromatic carbocycles. The minimum absolute atomic E-state index is 0.0167. The van der Waals surface area contributed by atoms with Gasteiger partial charge in [0, 0.05) is 10.8 Å². The van der Waals surface area contributed by atoms with Gasteiger partial charge in [-0.3, -0.25) is 4.79 Å². The van der Waals surface area contributed by atoms with Crippen LogP contribution in [0.2, 0.25) is 5.02 Å². The van der Waals surface area contributed by atoms with Gasteiger partial charge in [-0.25, -0.2) is 4.79 Å². The Labute approximate surface area is 143 Å². The minimum Gasteiger partial charge on any atom is -0.478 e. The molecule has 0 bridgehead atoms. The number of anilines is 1. The number of halogens is 1. The predicted octanol–water partition coefficient (Wildman–Crippen LogP) is 4.30. The van der Waals surface area contributed by atoms with Crippen LogP contribution in [-0.4, -0.2) is 22.2 Å². The summed E-state index contributed by atoms with van der Waals surface area (Å²) in [4.78, 5) is 23.4. The predicted molar refractivity (Wildman–Crippen MR) is 94.2 cm³/mol. The molecule has 0 saturated carbocycles. The van der Waals surface area contributed by atoms with Crippen molar-refractivity contribution in [3.63, 3.8) is 0 Å². The molecule has 2 N–H and O–H groups in total. The summed E-state index contributed by atoms with van der Waals surface area (Å²) >= 11 is 7.36. The summed E-state index contributed by atoms with van der Waals surface area (Å²) in [5, 5.41) is 11.9. The molecule has 0 radical (unpaired) electrons. The monoisotopic (exact) mass is 349 g/mol.